The minimum Gasteiger partial charge on any atom is -0.497 e. The number of hydrogen-bond donors (Lipinski definition) is 1. The highest BCUT2D eigenvalue weighted by Gasteiger charge is 2.16. The van der Waals surface area contributed by atoms with Crippen LogP contribution in [0.2, 0.25) is 0 Å². The Kier molecular flexibility index (Phi) is 6.21. The normalized spacial score (nSPS) is 18.1. The standard InChI is InChI=1S/C16H22N2O4/c1-3-21-16(17-11-14-5-4-10-22-14)18-15(19)12-6-8-13(20-2)9-7-12/h6-9,14H,3-5,10-11H2,1-2H3,(H,17,18,19)/t14-/m1/s1. The molecular weight excluding hydrogens is 284 g/mol. The zero-order chi connectivity index (χ0) is 15.8. The highest BCUT2D eigenvalue weighted by molar-refractivity contribution is 6.04. The molecule has 1 saturated heterocycles. The third kappa shape index (κ3) is 4.73. The highest BCUT2D eigenvalue weighted by Crippen LogP contribution is 2.12. The average molecular weight is 306 g/mol. The summed E-state index contributed by atoms with van der Waals surface area (Å²) in [5.41, 5.74) is 0.519. The molecule has 0 aromatic heterocycles. The zero-order valence-electron chi connectivity index (χ0n) is 13.0. The number of ether oxygens (including phenoxy) is 3. The van der Waals surface area contributed by atoms with E-state index in [4.69, 9.17) is 14.2 Å². The molecule has 0 spiro atoms. The van der Waals surface area contributed by atoms with Crippen LogP contribution >= 0.6 is 0 Å². The average Bonchev–Trinajstić information content (AvgIpc) is 3.06. The van der Waals surface area contributed by atoms with Gasteiger partial charge in [-0.2, -0.15) is 0 Å². The van der Waals surface area contributed by atoms with Crippen LogP contribution < -0.4 is 10.1 Å². The first kappa shape index (κ1) is 16.3. The van der Waals surface area contributed by atoms with E-state index in [1.807, 2.05) is 6.92 Å². The van der Waals surface area contributed by atoms with Gasteiger partial charge in [-0.15, -0.1) is 0 Å². The summed E-state index contributed by atoms with van der Waals surface area (Å²) in [7, 11) is 1.58. The van der Waals surface area contributed by atoms with Crippen LogP contribution in [0.4, 0.5) is 0 Å². The van der Waals surface area contributed by atoms with Crippen molar-refractivity contribution in [2.24, 2.45) is 4.99 Å². The van der Waals surface area contributed by atoms with E-state index < -0.39 is 0 Å². The molecular formula is C16H22N2O4. The summed E-state index contributed by atoms with van der Waals surface area (Å²) < 4.78 is 16.0. The van der Waals surface area contributed by atoms with Gasteiger partial charge >= 0.3 is 0 Å². The molecule has 1 atom stereocenters. The lowest BCUT2D eigenvalue weighted by atomic mass is 10.2. The largest absolute Gasteiger partial charge is 0.497 e. The van der Waals surface area contributed by atoms with E-state index in [9.17, 15) is 4.79 Å². The van der Waals surface area contributed by atoms with Crippen molar-refractivity contribution in [3.8, 4) is 5.75 Å². The summed E-state index contributed by atoms with van der Waals surface area (Å²) in [6.45, 7) is 3.56. The van der Waals surface area contributed by atoms with Gasteiger partial charge in [0.2, 0.25) is 0 Å². The second kappa shape index (κ2) is 8.38. The summed E-state index contributed by atoms with van der Waals surface area (Å²) in [5.74, 6) is 0.441. The van der Waals surface area contributed by atoms with Gasteiger partial charge in [-0.3, -0.25) is 10.1 Å². The van der Waals surface area contributed by atoms with Gasteiger partial charge in [-0.1, -0.05) is 0 Å². The van der Waals surface area contributed by atoms with Crippen LogP contribution in [-0.4, -0.2) is 44.9 Å². The fraction of sp³-hybridized carbons (Fsp3) is 0.500. The molecule has 1 aliphatic heterocycles. The minimum absolute atomic E-state index is 0.119. The number of nitrogens with zero attached hydrogens (tertiary/aromatic N) is 1. The maximum absolute atomic E-state index is 12.2. The van der Waals surface area contributed by atoms with E-state index in [0.29, 0.717) is 24.5 Å². The van der Waals surface area contributed by atoms with Crippen LogP contribution in [0, 0.1) is 0 Å². The van der Waals surface area contributed by atoms with E-state index in [0.717, 1.165) is 19.4 Å². The van der Waals surface area contributed by atoms with Gasteiger partial charge in [0.05, 0.1) is 26.4 Å². The summed E-state index contributed by atoms with van der Waals surface area (Å²) >= 11 is 0. The van der Waals surface area contributed by atoms with Gasteiger partial charge in [0.1, 0.15) is 5.75 Å². The van der Waals surface area contributed by atoms with Crippen molar-refractivity contribution >= 4 is 11.9 Å². The zero-order valence-corrected chi connectivity index (χ0v) is 13.0. The molecule has 1 heterocycles. The van der Waals surface area contributed by atoms with Gasteiger partial charge in [-0.05, 0) is 44.0 Å². The molecule has 1 amide bonds. The number of amidine groups is 1. The first-order valence-corrected chi connectivity index (χ1v) is 7.47. The molecule has 6 heteroatoms. The maximum Gasteiger partial charge on any atom is 0.291 e. The Morgan fingerprint density at radius 3 is 2.77 bits per heavy atom. The SMILES string of the molecule is CCOC(=NC[C@H]1CCCO1)NC(=O)c1ccc(OC)cc1. The first-order chi connectivity index (χ1) is 10.7. The van der Waals surface area contributed by atoms with Crippen molar-refractivity contribution in [3.05, 3.63) is 29.8 Å². The van der Waals surface area contributed by atoms with Crippen LogP contribution in [-0.2, 0) is 9.47 Å². The second-order valence-electron chi connectivity index (χ2n) is 4.90. The quantitative estimate of drug-likeness (QED) is 0.667. The smallest absolute Gasteiger partial charge is 0.291 e. The van der Waals surface area contributed by atoms with E-state index in [2.05, 4.69) is 10.3 Å². The highest BCUT2D eigenvalue weighted by atomic mass is 16.5. The summed E-state index contributed by atoms with van der Waals surface area (Å²) in [6, 6.07) is 7.09. The Balaban J connectivity index is 1.95. The van der Waals surface area contributed by atoms with E-state index >= 15 is 0 Å². The predicted molar refractivity (Wildman–Crippen MR) is 83.4 cm³/mol. The Morgan fingerprint density at radius 1 is 1.41 bits per heavy atom. The first-order valence-electron chi connectivity index (χ1n) is 7.47. The molecule has 1 N–H and O–H groups in total. The minimum atomic E-state index is -0.262. The molecule has 1 aromatic carbocycles. The number of benzene rings is 1. The molecule has 0 unspecified atom stereocenters. The third-order valence-corrected chi connectivity index (χ3v) is 3.32. The molecule has 1 aromatic rings. The fourth-order valence-electron chi connectivity index (χ4n) is 2.14. The molecule has 0 saturated carbocycles. The summed E-state index contributed by atoms with van der Waals surface area (Å²) in [4.78, 5) is 16.5. The number of methoxy groups -OCH3 is 1. The molecule has 120 valence electrons. The van der Waals surface area contributed by atoms with E-state index in [-0.39, 0.29) is 18.0 Å². The number of hydrogen-bond acceptors (Lipinski definition) is 5. The fourth-order valence-corrected chi connectivity index (χ4v) is 2.14. The lowest BCUT2D eigenvalue weighted by Gasteiger charge is -2.11. The number of carbonyl (C=O) groups is 1. The Morgan fingerprint density at radius 2 is 2.18 bits per heavy atom. The lowest BCUT2D eigenvalue weighted by Crippen LogP contribution is -2.33. The van der Waals surface area contributed by atoms with Gasteiger partial charge in [-0.25, -0.2) is 4.99 Å². The van der Waals surface area contributed by atoms with Crippen LogP contribution in [0.1, 0.15) is 30.1 Å². The van der Waals surface area contributed by atoms with Crippen LogP contribution in [0.3, 0.4) is 0 Å². The van der Waals surface area contributed by atoms with Crippen LogP contribution in [0.5, 0.6) is 5.75 Å². The second-order valence-corrected chi connectivity index (χ2v) is 4.90. The Labute approximate surface area is 130 Å². The van der Waals surface area contributed by atoms with Crippen LogP contribution in [0.15, 0.2) is 29.3 Å². The van der Waals surface area contributed by atoms with Crippen molar-refractivity contribution in [2.75, 3.05) is 26.9 Å². The Hall–Kier alpha value is -2.08. The van der Waals surface area contributed by atoms with Crippen molar-refractivity contribution in [2.45, 2.75) is 25.9 Å². The van der Waals surface area contributed by atoms with Crippen molar-refractivity contribution < 1.29 is 19.0 Å². The van der Waals surface area contributed by atoms with Crippen molar-refractivity contribution in [3.63, 3.8) is 0 Å². The molecule has 0 aliphatic carbocycles. The predicted octanol–water partition coefficient (Wildman–Crippen LogP) is 2.00. The molecule has 0 bridgehead atoms. The lowest BCUT2D eigenvalue weighted by molar-refractivity contribution is 0.0963. The molecule has 2 rings (SSSR count). The number of aliphatic imine (C=N–C) groups is 1. The monoisotopic (exact) mass is 306 g/mol. The van der Waals surface area contributed by atoms with E-state index in [1.165, 1.54) is 0 Å². The number of carbonyl (C=O) groups excluding carboxylic acids is 1. The third-order valence-electron chi connectivity index (χ3n) is 3.32. The Bertz CT molecular complexity index is 507. The number of amides is 1. The molecule has 1 aliphatic rings. The van der Waals surface area contributed by atoms with Crippen molar-refractivity contribution in [1.82, 2.24) is 5.32 Å². The van der Waals surface area contributed by atoms with Gasteiger partial charge in [0, 0.05) is 12.2 Å². The molecule has 22 heavy (non-hydrogen) atoms. The molecule has 6 nitrogen and oxygen atoms in total. The van der Waals surface area contributed by atoms with E-state index in [1.54, 1.807) is 31.4 Å². The molecule has 0 radical (unpaired) electrons. The topological polar surface area (TPSA) is 69.2 Å². The number of nitrogens with one attached hydrogen (secondary N) is 1. The molecule has 1 fully saturated rings. The van der Waals surface area contributed by atoms with Gasteiger partial charge < -0.3 is 14.2 Å². The van der Waals surface area contributed by atoms with Gasteiger partial charge in [0.15, 0.2) is 0 Å². The summed E-state index contributed by atoms with van der Waals surface area (Å²) in [6.07, 6.45) is 2.17. The van der Waals surface area contributed by atoms with Crippen molar-refractivity contribution in [1.29, 1.82) is 0 Å². The number of rotatable bonds is 5. The van der Waals surface area contributed by atoms with Crippen LogP contribution in [0.25, 0.3) is 0 Å². The van der Waals surface area contributed by atoms with Gasteiger partial charge in [0.25, 0.3) is 11.9 Å². The summed E-state index contributed by atoms with van der Waals surface area (Å²) in [5, 5.41) is 2.69. The maximum atomic E-state index is 12.2.